The van der Waals surface area contributed by atoms with Crippen molar-refractivity contribution in [2.45, 2.75) is 45.9 Å². The maximum atomic E-state index is 11.3. The summed E-state index contributed by atoms with van der Waals surface area (Å²) in [6, 6.07) is 0. The highest BCUT2D eigenvalue weighted by atomic mass is 31.2. The summed E-state index contributed by atoms with van der Waals surface area (Å²) in [5, 5.41) is 0. The van der Waals surface area contributed by atoms with Crippen LogP contribution in [0.1, 0.15) is 34.6 Å². The molecular formula is C7H17O3P. The second-order valence-electron chi connectivity index (χ2n) is 3.86. The summed E-state index contributed by atoms with van der Waals surface area (Å²) in [6.45, 7) is 8.63. The van der Waals surface area contributed by atoms with Gasteiger partial charge in [-0.3, -0.25) is 4.57 Å². The Kier molecular flexibility index (Phi) is 3.30. The molecule has 0 aliphatic carbocycles. The minimum absolute atomic E-state index is 0.332. The van der Waals surface area contributed by atoms with Crippen molar-refractivity contribution in [1.29, 1.82) is 0 Å². The van der Waals surface area contributed by atoms with Gasteiger partial charge in [0, 0.05) is 0 Å². The molecule has 0 saturated carbocycles. The first-order chi connectivity index (χ1) is 4.65. The van der Waals surface area contributed by atoms with Gasteiger partial charge in [0.15, 0.2) is 0 Å². The summed E-state index contributed by atoms with van der Waals surface area (Å²) in [5.74, 6) is 0. The van der Waals surface area contributed by atoms with E-state index in [1.165, 1.54) is 0 Å². The quantitative estimate of drug-likeness (QED) is 0.663. The molecule has 0 aliphatic heterocycles. The first kappa shape index (κ1) is 11.2. The van der Waals surface area contributed by atoms with Crippen LogP contribution in [-0.4, -0.2) is 16.2 Å². The zero-order chi connectivity index (χ0) is 9.28. The van der Waals surface area contributed by atoms with Gasteiger partial charge >= 0.3 is 7.60 Å². The first-order valence-electron chi connectivity index (χ1n) is 3.68. The minimum Gasteiger partial charge on any atom is -0.324 e. The van der Waals surface area contributed by atoms with E-state index in [1.54, 1.807) is 34.6 Å². The van der Waals surface area contributed by atoms with Crippen LogP contribution in [0.15, 0.2) is 0 Å². The van der Waals surface area contributed by atoms with Gasteiger partial charge in [0.2, 0.25) is 0 Å². The highest BCUT2D eigenvalue weighted by molar-refractivity contribution is 7.53. The Morgan fingerprint density at radius 1 is 1.36 bits per heavy atom. The maximum absolute atomic E-state index is 11.3. The Hall–Kier alpha value is 0.150. The third-order valence-corrected chi connectivity index (χ3v) is 3.17. The smallest absolute Gasteiger partial charge is 0.324 e. The van der Waals surface area contributed by atoms with Crippen LogP contribution in [-0.2, 0) is 9.09 Å². The SMILES string of the molecule is CC(C)P(=O)(O)OC(C)(C)C. The van der Waals surface area contributed by atoms with E-state index in [9.17, 15) is 9.46 Å². The van der Waals surface area contributed by atoms with E-state index >= 15 is 0 Å². The van der Waals surface area contributed by atoms with Gasteiger partial charge < -0.3 is 9.42 Å². The van der Waals surface area contributed by atoms with E-state index in [0.29, 0.717) is 0 Å². The van der Waals surface area contributed by atoms with Crippen molar-refractivity contribution in [2.75, 3.05) is 0 Å². The normalized spacial score (nSPS) is 18.5. The van der Waals surface area contributed by atoms with E-state index in [0.717, 1.165) is 0 Å². The van der Waals surface area contributed by atoms with Crippen LogP contribution in [0.3, 0.4) is 0 Å². The molecule has 1 N–H and O–H groups in total. The third kappa shape index (κ3) is 4.57. The second-order valence-corrected chi connectivity index (χ2v) is 6.21. The Morgan fingerprint density at radius 2 is 1.73 bits per heavy atom. The molecule has 0 aliphatic rings. The van der Waals surface area contributed by atoms with Crippen molar-refractivity contribution in [2.24, 2.45) is 0 Å². The van der Waals surface area contributed by atoms with Crippen LogP contribution < -0.4 is 0 Å². The second kappa shape index (κ2) is 3.26. The molecule has 0 saturated heterocycles. The van der Waals surface area contributed by atoms with Crippen molar-refractivity contribution in [1.82, 2.24) is 0 Å². The van der Waals surface area contributed by atoms with Gasteiger partial charge in [-0.15, -0.1) is 0 Å². The topological polar surface area (TPSA) is 46.5 Å². The minimum atomic E-state index is -3.39. The summed E-state index contributed by atoms with van der Waals surface area (Å²) < 4.78 is 16.3. The number of hydrogen-bond donors (Lipinski definition) is 1. The predicted molar refractivity (Wildman–Crippen MR) is 45.8 cm³/mol. The summed E-state index contributed by atoms with van der Waals surface area (Å²) in [7, 11) is -3.39. The third-order valence-electron chi connectivity index (χ3n) is 1.06. The summed E-state index contributed by atoms with van der Waals surface area (Å²) in [6.07, 6.45) is 0. The van der Waals surface area contributed by atoms with Crippen molar-refractivity contribution in [3.63, 3.8) is 0 Å². The van der Waals surface area contributed by atoms with Gasteiger partial charge in [0.25, 0.3) is 0 Å². The van der Waals surface area contributed by atoms with E-state index in [4.69, 9.17) is 4.52 Å². The number of rotatable bonds is 2. The standard InChI is InChI=1S/C7H17O3P/c1-6(2)11(8,9)10-7(3,4)5/h6H,1-5H3,(H,8,9). The fourth-order valence-corrected chi connectivity index (χ4v) is 1.49. The molecule has 1 unspecified atom stereocenters. The lowest BCUT2D eigenvalue weighted by Gasteiger charge is -2.25. The summed E-state index contributed by atoms with van der Waals surface area (Å²) in [4.78, 5) is 9.26. The average Bonchev–Trinajstić information content (AvgIpc) is 1.56. The van der Waals surface area contributed by atoms with Crippen LogP contribution >= 0.6 is 7.60 Å². The molecular weight excluding hydrogens is 163 g/mol. The predicted octanol–water partition coefficient (Wildman–Crippen LogP) is 2.40. The average molecular weight is 180 g/mol. The Balaban J connectivity index is 4.26. The van der Waals surface area contributed by atoms with E-state index in [-0.39, 0.29) is 5.66 Å². The van der Waals surface area contributed by atoms with E-state index < -0.39 is 13.2 Å². The van der Waals surface area contributed by atoms with Crippen LogP contribution in [0.5, 0.6) is 0 Å². The van der Waals surface area contributed by atoms with Gasteiger partial charge in [-0.05, 0) is 20.8 Å². The zero-order valence-corrected chi connectivity index (χ0v) is 8.68. The molecule has 0 rings (SSSR count). The van der Waals surface area contributed by atoms with E-state index in [2.05, 4.69) is 0 Å². The van der Waals surface area contributed by atoms with Gasteiger partial charge in [0.1, 0.15) is 0 Å². The Morgan fingerprint density at radius 3 is 1.82 bits per heavy atom. The van der Waals surface area contributed by atoms with Crippen molar-refractivity contribution in [3.8, 4) is 0 Å². The van der Waals surface area contributed by atoms with Crippen LogP contribution in [0, 0.1) is 0 Å². The zero-order valence-electron chi connectivity index (χ0n) is 7.79. The van der Waals surface area contributed by atoms with Crippen molar-refractivity contribution < 1.29 is 14.0 Å². The fraction of sp³-hybridized carbons (Fsp3) is 1.00. The van der Waals surface area contributed by atoms with Gasteiger partial charge in [-0.25, -0.2) is 0 Å². The van der Waals surface area contributed by atoms with Gasteiger partial charge in [0.05, 0.1) is 11.3 Å². The molecule has 0 aromatic carbocycles. The number of hydrogen-bond acceptors (Lipinski definition) is 2. The fourth-order valence-electron chi connectivity index (χ4n) is 0.498. The lowest BCUT2D eigenvalue weighted by atomic mass is 10.2. The molecule has 68 valence electrons. The van der Waals surface area contributed by atoms with Crippen LogP contribution in [0.2, 0.25) is 0 Å². The van der Waals surface area contributed by atoms with Gasteiger partial charge in [-0.1, -0.05) is 13.8 Å². The molecule has 0 aromatic rings. The Labute approximate surface area is 68.3 Å². The lowest BCUT2D eigenvalue weighted by Crippen LogP contribution is -2.19. The highest BCUT2D eigenvalue weighted by Crippen LogP contribution is 2.50. The molecule has 0 bridgehead atoms. The molecule has 4 heteroatoms. The summed E-state index contributed by atoms with van der Waals surface area (Å²) in [5.41, 5.74) is -0.879. The van der Waals surface area contributed by atoms with Crippen LogP contribution in [0.4, 0.5) is 0 Å². The molecule has 3 nitrogen and oxygen atoms in total. The molecule has 11 heavy (non-hydrogen) atoms. The molecule has 0 heterocycles. The largest absolute Gasteiger partial charge is 0.331 e. The Bertz CT molecular complexity index is 169. The molecule has 0 amide bonds. The van der Waals surface area contributed by atoms with Crippen molar-refractivity contribution in [3.05, 3.63) is 0 Å². The van der Waals surface area contributed by atoms with E-state index in [1.807, 2.05) is 0 Å². The maximum Gasteiger partial charge on any atom is 0.331 e. The van der Waals surface area contributed by atoms with Gasteiger partial charge in [-0.2, -0.15) is 0 Å². The van der Waals surface area contributed by atoms with Crippen molar-refractivity contribution >= 4 is 7.60 Å². The first-order valence-corrected chi connectivity index (χ1v) is 5.33. The molecule has 1 atom stereocenters. The molecule has 0 radical (unpaired) electrons. The monoisotopic (exact) mass is 180 g/mol. The molecule has 0 aromatic heterocycles. The highest BCUT2D eigenvalue weighted by Gasteiger charge is 2.30. The summed E-state index contributed by atoms with van der Waals surface area (Å²) >= 11 is 0. The molecule has 0 fully saturated rings. The van der Waals surface area contributed by atoms with Crippen LogP contribution in [0.25, 0.3) is 0 Å². The molecule has 0 spiro atoms. The lowest BCUT2D eigenvalue weighted by molar-refractivity contribution is 0.108.